The van der Waals surface area contributed by atoms with E-state index in [4.69, 9.17) is 0 Å². The van der Waals surface area contributed by atoms with E-state index >= 15 is 0 Å². The molecule has 31 heavy (non-hydrogen) atoms. The van der Waals surface area contributed by atoms with Crippen LogP contribution in [-0.2, 0) is 22.2 Å². The van der Waals surface area contributed by atoms with Crippen LogP contribution in [0, 0.1) is 5.92 Å². The number of hydrogen-bond acceptors (Lipinski definition) is 2. The van der Waals surface area contributed by atoms with Gasteiger partial charge in [0.2, 0.25) is 11.8 Å². The van der Waals surface area contributed by atoms with Crippen LogP contribution in [0.5, 0.6) is 0 Å². The highest BCUT2D eigenvalue weighted by atomic mass is 19.4. The first-order chi connectivity index (χ1) is 14.8. The number of amides is 2. The maximum atomic E-state index is 13.6. The van der Waals surface area contributed by atoms with Crippen LogP contribution < -0.4 is 9.80 Å². The van der Waals surface area contributed by atoms with Gasteiger partial charge in [-0.15, -0.1) is 0 Å². The van der Waals surface area contributed by atoms with Gasteiger partial charge in [0.1, 0.15) is 5.92 Å². The van der Waals surface area contributed by atoms with Gasteiger partial charge in [-0.25, -0.2) is 0 Å². The van der Waals surface area contributed by atoms with Gasteiger partial charge in [-0.2, -0.15) is 13.2 Å². The van der Waals surface area contributed by atoms with Crippen molar-refractivity contribution in [2.45, 2.75) is 12.6 Å². The zero-order valence-corrected chi connectivity index (χ0v) is 16.6. The molecule has 0 saturated carbocycles. The number of carbonyl (C=O) groups is 2. The van der Waals surface area contributed by atoms with E-state index in [1.165, 1.54) is 22.9 Å². The minimum absolute atomic E-state index is 0.0254. The zero-order valence-electron chi connectivity index (χ0n) is 16.6. The van der Waals surface area contributed by atoms with Crippen molar-refractivity contribution in [2.75, 3.05) is 16.8 Å². The number of benzene rings is 3. The molecule has 7 heteroatoms. The van der Waals surface area contributed by atoms with Crippen LogP contribution >= 0.6 is 0 Å². The van der Waals surface area contributed by atoms with E-state index in [9.17, 15) is 22.8 Å². The average molecular weight is 424 g/mol. The Morgan fingerprint density at radius 2 is 1.42 bits per heavy atom. The summed E-state index contributed by atoms with van der Waals surface area (Å²) in [6, 6.07) is 20.6. The largest absolute Gasteiger partial charge is 0.416 e. The zero-order chi connectivity index (χ0) is 22.2. The maximum Gasteiger partial charge on any atom is 0.416 e. The van der Waals surface area contributed by atoms with E-state index in [1.807, 2.05) is 30.3 Å². The summed E-state index contributed by atoms with van der Waals surface area (Å²) in [5.74, 6) is -2.10. The molecule has 1 unspecified atom stereocenters. The summed E-state index contributed by atoms with van der Waals surface area (Å²) >= 11 is 0. The molecule has 158 valence electrons. The van der Waals surface area contributed by atoms with Crippen molar-refractivity contribution in [1.82, 2.24) is 0 Å². The van der Waals surface area contributed by atoms with Crippen molar-refractivity contribution in [2.24, 2.45) is 5.92 Å². The summed E-state index contributed by atoms with van der Waals surface area (Å²) in [6.45, 7) is 0. The number of alkyl halides is 3. The van der Waals surface area contributed by atoms with E-state index in [2.05, 4.69) is 0 Å². The molecule has 1 aliphatic heterocycles. The second kappa shape index (κ2) is 7.91. The molecule has 0 bridgehead atoms. The molecule has 3 aromatic carbocycles. The summed E-state index contributed by atoms with van der Waals surface area (Å²) in [5.41, 5.74) is 0.567. The van der Waals surface area contributed by atoms with Crippen molar-refractivity contribution in [3.63, 3.8) is 0 Å². The number of rotatable bonds is 3. The Morgan fingerprint density at radius 3 is 2.03 bits per heavy atom. The Balaban J connectivity index is 1.89. The van der Waals surface area contributed by atoms with Gasteiger partial charge in [0.05, 0.1) is 16.9 Å². The lowest BCUT2D eigenvalue weighted by Crippen LogP contribution is -2.40. The SMILES string of the molecule is CN1C(=O)C(Cc2ccccc2)C(=O)N(c2ccccc2)c2cc(C(F)(F)F)ccc21. The average Bonchev–Trinajstić information content (AvgIpc) is 2.84. The second-order valence-electron chi connectivity index (χ2n) is 7.35. The van der Waals surface area contributed by atoms with E-state index < -0.39 is 29.5 Å². The summed E-state index contributed by atoms with van der Waals surface area (Å²) in [5, 5.41) is 0. The molecule has 4 rings (SSSR count). The lowest BCUT2D eigenvalue weighted by molar-refractivity contribution is -0.137. The van der Waals surface area contributed by atoms with Crippen LogP contribution in [0.4, 0.5) is 30.2 Å². The lowest BCUT2D eigenvalue weighted by atomic mass is 9.96. The molecule has 0 spiro atoms. The third-order valence-corrected chi connectivity index (χ3v) is 5.35. The minimum atomic E-state index is -4.58. The fourth-order valence-electron chi connectivity index (χ4n) is 3.76. The summed E-state index contributed by atoms with van der Waals surface area (Å²) < 4.78 is 40.3. The van der Waals surface area contributed by atoms with Crippen molar-refractivity contribution >= 4 is 28.9 Å². The molecule has 1 atom stereocenters. The maximum absolute atomic E-state index is 13.6. The molecule has 0 fully saturated rings. The third kappa shape index (κ3) is 3.91. The van der Waals surface area contributed by atoms with Crippen molar-refractivity contribution in [3.8, 4) is 0 Å². The fraction of sp³-hybridized carbons (Fsp3) is 0.167. The summed E-state index contributed by atoms with van der Waals surface area (Å²) in [6.07, 6.45) is -4.44. The van der Waals surface area contributed by atoms with Crippen molar-refractivity contribution in [1.29, 1.82) is 0 Å². The standard InChI is InChI=1S/C24H19F3N2O2/c1-28-20-13-12-17(24(25,26)27)15-21(20)29(18-10-6-3-7-11-18)23(31)19(22(28)30)14-16-8-4-2-5-9-16/h2-13,15,19H,14H2,1H3. The molecule has 1 heterocycles. The number of fused-ring (bicyclic) bond motifs is 1. The Hall–Kier alpha value is -3.61. The smallest absolute Gasteiger partial charge is 0.313 e. The molecule has 0 aromatic heterocycles. The fourth-order valence-corrected chi connectivity index (χ4v) is 3.76. The Bertz CT molecular complexity index is 1110. The number of hydrogen-bond donors (Lipinski definition) is 0. The number of anilines is 3. The summed E-state index contributed by atoms with van der Waals surface area (Å²) in [7, 11) is 1.48. The monoisotopic (exact) mass is 424 g/mol. The first-order valence-electron chi connectivity index (χ1n) is 9.69. The quantitative estimate of drug-likeness (QED) is 0.542. The van der Waals surface area contributed by atoms with E-state index in [-0.39, 0.29) is 17.8 Å². The molecule has 0 N–H and O–H groups in total. The Kier molecular flexibility index (Phi) is 5.27. The van der Waals surface area contributed by atoms with Gasteiger partial charge < -0.3 is 4.90 Å². The lowest BCUT2D eigenvalue weighted by Gasteiger charge is -2.25. The number of para-hydroxylation sites is 1. The normalized spacial score (nSPS) is 16.8. The van der Waals surface area contributed by atoms with Gasteiger partial charge in [-0.1, -0.05) is 48.5 Å². The van der Waals surface area contributed by atoms with Crippen LogP contribution in [0.15, 0.2) is 78.9 Å². The molecule has 4 nitrogen and oxygen atoms in total. The number of halogens is 3. The van der Waals surface area contributed by atoms with Gasteiger partial charge in [0.15, 0.2) is 0 Å². The van der Waals surface area contributed by atoms with Crippen LogP contribution in [0.2, 0.25) is 0 Å². The molecular formula is C24H19F3N2O2. The van der Waals surface area contributed by atoms with Crippen LogP contribution in [0.3, 0.4) is 0 Å². The predicted octanol–water partition coefficient (Wildman–Crippen LogP) is 5.21. The van der Waals surface area contributed by atoms with Gasteiger partial charge in [0, 0.05) is 12.7 Å². The Morgan fingerprint density at radius 1 is 0.806 bits per heavy atom. The van der Waals surface area contributed by atoms with Gasteiger partial charge in [-0.3, -0.25) is 14.5 Å². The van der Waals surface area contributed by atoms with Gasteiger partial charge in [0.25, 0.3) is 0 Å². The molecule has 0 saturated heterocycles. The highest BCUT2D eigenvalue weighted by Gasteiger charge is 2.41. The molecule has 0 aliphatic carbocycles. The topological polar surface area (TPSA) is 40.6 Å². The highest BCUT2D eigenvalue weighted by Crippen LogP contribution is 2.42. The molecule has 0 radical (unpaired) electrons. The molecule has 3 aromatic rings. The third-order valence-electron chi connectivity index (χ3n) is 5.35. The van der Waals surface area contributed by atoms with Crippen LogP contribution in [0.25, 0.3) is 0 Å². The molecule has 1 aliphatic rings. The summed E-state index contributed by atoms with van der Waals surface area (Å²) in [4.78, 5) is 29.4. The van der Waals surface area contributed by atoms with Crippen molar-refractivity contribution in [3.05, 3.63) is 90.0 Å². The van der Waals surface area contributed by atoms with Gasteiger partial charge in [-0.05, 0) is 42.3 Å². The number of carbonyl (C=O) groups excluding carboxylic acids is 2. The minimum Gasteiger partial charge on any atom is -0.313 e. The van der Waals surface area contributed by atoms with Gasteiger partial charge >= 0.3 is 6.18 Å². The first kappa shape index (κ1) is 20.7. The molecular weight excluding hydrogens is 405 g/mol. The van der Waals surface area contributed by atoms with Crippen LogP contribution in [-0.4, -0.2) is 18.9 Å². The van der Waals surface area contributed by atoms with E-state index in [1.54, 1.807) is 30.3 Å². The van der Waals surface area contributed by atoms with Crippen LogP contribution in [0.1, 0.15) is 11.1 Å². The molecule has 2 amide bonds. The highest BCUT2D eigenvalue weighted by molar-refractivity contribution is 6.20. The Labute approximate surface area is 177 Å². The van der Waals surface area contributed by atoms with E-state index in [0.29, 0.717) is 5.69 Å². The first-order valence-corrected chi connectivity index (χ1v) is 9.69. The van der Waals surface area contributed by atoms with E-state index in [0.717, 1.165) is 17.7 Å². The predicted molar refractivity (Wildman–Crippen MR) is 112 cm³/mol. The number of nitrogens with zero attached hydrogens (tertiary/aromatic N) is 2. The second-order valence-corrected chi connectivity index (χ2v) is 7.35. The van der Waals surface area contributed by atoms with Crippen molar-refractivity contribution < 1.29 is 22.8 Å².